The molecule has 4 aromatic rings. The van der Waals surface area contributed by atoms with Crippen LogP contribution < -0.4 is 10.1 Å². The fraction of sp³-hybridized carbons (Fsp3) is 0.0588. The largest absolute Gasteiger partial charge is 0.497 e. The first-order chi connectivity index (χ1) is 12.2. The molecule has 0 atom stereocenters. The molecule has 0 bridgehead atoms. The van der Waals surface area contributed by atoms with Gasteiger partial charge in [0.1, 0.15) is 5.75 Å². The van der Waals surface area contributed by atoms with E-state index in [1.165, 1.54) is 11.3 Å². The van der Waals surface area contributed by atoms with Crippen molar-refractivity contribution in [3.63, 3.8) is 0 Å². The lowest BCUT2D eigenvalue weighted by Crippen LogP contribution is -2.13. The molecule has 0 saturated heterocycles. The van der Waals surface area contributed by atoms with Crippen molar-refractivity contribution < 1.29 is 9.53 Å². The van der Waals surface area contributed by atoms with Crippen LogP contribution in [-0.2, 0) is 0 Å². The second-order valence-corrected chi connectivity index (χ2v) is 6.01. The molecule has 0 aliphatic rings. The van der Waals surface area contributed by atoms with Crippen molar-refractivity contribution >= 4 is 28.2 Å². The van der Waals surface area contributed by atoms with Gasteiger partial charge in [0.05, 0.1) is 12.8 Å². The number of hydrogen-bond acceptors (Lipinski definition) is 6. The van der Waals surface area contributed by atoms with Gasteiger partial charge in [0.2, 0.25) is 4.96 Å². The van der Waals surface area contributed by atoms with Gasteiger partial charge in [0.15, 0.2) is 0 Å². The number of hydrogen-bond donors (Lipinski definition) is 1. The van der Waals surface area contributed by atoms with Gasteiger partial charge < -0.3 is 4.74 Å². The molecule has 0 saturated carbocycles. The third kappa shape index (κ3) is 2.94. The number of nitrogens with zero attached hydrogens (tertiary/aromatic N) is 4. The summed E-state index contributed by atoms with van der Waals surface area (Å²) in [6.45, 7) is 0. The number of aromatic nitrogens is 4. The van der Waals surface area contributed by atoms with E-state index in [-0.39, 0.29) is 11.9 Å². The molecule has 3 aromatic heterocycles. The van der Waals surface area contributed by atoms with Crippen molar-refractivity contribution in [1.82, 2.24) is 19.6 Å². The second kappa shape index (κ2) is 6.33. The predicted molar refractivity (Wildman–Crippen MR) is 95.0 cm³/mol. The molecule has 7 nitrogen and oxygen atoms in total. The van der Waals surface area contributed by atoms with E-state index in [1.54, 1.807) is 36.2 Å². The number of ether oxygens (including phenoxy) is 1. The van der Waals surface area contributed by atoms with Gasteiger partial charge in [-0.3, -0.25) is 15.1 Å². The minimum absolute atomic E-state index is 0.262. The van der Waals surface area contributed by atoms with Gasteiger partial charge in [-0.2, -0.15) is 4.98 Å². The normalized spacial score (nSPS) is 10.8. The molecule has 124 valence electrons. The summed E-state index contributed by atoms with van der Waals surface area (Å²) < 4.78 is 6.98. The third-order valence-electron chi connectivity index (χ3n) is 3.61. The van der Waals surface area contributed by atoms with Crippen LogP contribution in [0.25, 0.3) is 16.2 Å². The standard InChI is InChI=1S/C17H13N5O2S/c1-24-13-4-2-3-12(9-13)14-10-25-17-20-16(21-22(14)17)19-15(23)11-5-7-18-8-6-11/h2-10H,1H3,(H,19,21,23). The lowest BCUT2D eigenvalue weighted by Gasteiger charge is -2.03. The number of rotatable bonds is 4. The zero-order valence-corrected chi connectivity index (χ0v) is 14.0. The Morgan fingerprint density at radius 1 is 1.24 bits per heavy atom. The molecule has 0 spiro atoms. The van der Waals surface area contributed by atoms with Crippen molar-refractivity contribution in [2.75, 3.05) is 12.4 Å². The van der Waals surface area contributed by atoms with Gasteiger partial charge in [0.25, 0.3) is 11.9 Å². The Morgan fingerprint density at radius 3 is 2.88 bits per heavy atom. The van der Waals surface area contributed by atoms with E-state index >= 15 is 0 Å². The number of fused-ring (bicyclic) bond motifs is 1. The maximum atomic E-state index is 12.2. The molecule has 25 heavy (non-hydrogen) atoms. The minimum Gasteiger partial charge on any atom is -0.497 e. The molecular weight excluding hydrogens is 338 g/mol. The number of carbonyl (C=O) groups excluding carboxylic acids is 1. The Bertz CT molecular complexity index is 1040. The van der Waals surface area contributed by atoms with Crippen molar-refractivity contribution in [3.8, 4) is 17.0 Å². The highest BCUT2D eigenvalue weighted by atomic mass is 32.1. The summed E-state index contributed by atoms with van der Waals surface area (Å²) in [6, 6.07) is 11.0. The number of pyridine rings is 1. The minimum atomic E-state index is -0.274. The van der Waals surface area contributed by atoms with Crippen LogP contribution in [0.4, 0.5) is 5.95 Å². The zero-order chi connectivity index (χ0) is 17.2. The molecule has 1 N–H and O–H groups in total. The average molecular weight is 351 g/mol. The smallest absolute Gasteiger partial charge is 0.258 e. The number of anilines is 1. The second-order valence-electron chi connectivity index (χ2n) is 5.17. The zero-order valence-electron chi connectivity index (χ0n) is 13.2. The molecule has 1 aromatic carbocycles. The third-order valence-corrected chi connectivity index (χ3v) is 4.43. The van der Waals surface area contributed by atoms with Crippen LogP contribution in [0.1, 0.15) is 10.4 Å². The highest BCUT2D eigenvalue weighted by molar-refractivity contribution is 7.15. The molecular formula is C17H13N5O2S. The number of nitrogens with one attached hydrogen (secondary N) is 1. The van der Waals surface area contributed by atoms with E-state index in [0.29, 0.717) is 10.5 Å². The van der Waals surface area contributed by atoms with Gasteiger partial charge in [-0.15, -0.1) is 16.4 Å². The van der Waals surface area contributed by atoms with Crippen molar-refractivity contribution in [2.24, 2.45) is 0 Å². The van der Waals surface area contributed by atoms with Crippen molar-refractivity contribution in [2.45, 2.75) is 0 Å². The van der Waals surface area contributed by atoms with E-state index in [9.17, 15) is 4.79 Å². The molecule has 0 radical (unpaired) electrons. The van der Waals surface area contributed by atoms with Gasteiger partial charge in [-0.05, 0) is 24.3 Å². The Balaban J connectivity index is 1.65. The molecule has 0 aliphatic heterocycles. The molecule has 1 amide bonds. The molecule has 0 fully saturated rings. The fourth-order valence-electron chi connectivity index (χ4n) is 2.39. The van der Waals surface area contributed by atoms with Crippen molar-refractivity contribution in [3.05, 3.63) is 59.7 Å². The van der Waals surface area contributed by atoms with Crippen LogP contribution in [-0.4, -0.2) is 32.6 Å². The van der Waals surface area contributed by atoms with Crippen molar-refractivity contribution in [1.29, 1.82) is 0 Å². The Morgan fingerprint density at radius 2 is 2.08 bits per heavy atom. The van der Waals surface area contributed by atoms with Crippen LogP contribution >= 0.6 is 11.3 Å². The predicted octanol–water partition coefficient (Wildman–Crippen LogP) is 3.11. The number of thiazole rings is 1. The fourth-order valence-corrected chi connectivity index (χ4v) is 3.22. The maximum Gasteiger partial charge on any atom is 0.258 e. The Labute approximate surface area is 146 Å². The topological polar surface area (TPSA) is 81.4 Å². The lowest BCUT2D eigenvalue weighted by molar-refractivity contribution is 0.102. The highest BCUT2D eigenvalue weighted by Gasteiger charge is 2.14. The summed E-state index contributed by atoms with van der Waals surface area (Å²) in [5, 5.41) is 9.08. The first-order valence-electron chi connectivity index (χ1n) is 7.44. The van der Waals surface area contributed by atoms with E-state index in [2.05, 4.69) is 20.4 Å². The average Bonchev–Trinajstić information content (AvgIpc) is 3.22. The number of methoxy groups -OCH3 is 1. The molecule has 8 heteroatoms. The highest BCUT2D eigenvalue weighted by Crippen LogP contribution is 2.28. The number of amides is 1. The van der Waals surface area contributed by atoms with E-state index < -0.39 is 0 Å². The van der Waals surface area contributed by atoms with Gasteiger partial charge in [0, 0.05) is 28.9 Å². The summed E-state index contributed by atoms with van der Waals surface area (Å²) in [7, 11) is 1.63. The molecule has 0 unspecified atom stereocenters. The van der Waals surface area contributed by atoms with E-state index in [0.717, 1.165) is 17.0 Å². The monoisotopic (exact) mass is 351 g/mol. The Hall–Kier alpha value is -3.26. The van der Waals surface area contributed by atoms with Crippen LogP contribution in [0.5, 0.6) is 5.75 Å². The molecule has 0 aliphatic carbocycles. The van der Waals surface area contributed by atoms with Crippen LogP contribution in [0.15, 0.2) is 54.2 Å². The maximum absolute atomic E-state index is 12.2. The summed E-state index contributed by atoms with van der Waals surface area (Å²) in [5.74, 6) is 0.754. The quantitative estimate of drug-likeness (QED) is 0.611. The van der Waals surface area contributed by atoms with E-state index in [1.807, 2.05) is 29.6 Å². The SMILES string of the molecule is COc1cccc(-c2csc3nc(NC(=O)c4ccncc4)nn23)c1. The molecule has 4 rings (SSSR count). The van der Waals surface area contributed by atoms with Gasteiger partial charge in [-0.1, -0.05) is 12.1 Å². The number of carbonyl (C=O) groups is 1. The number of benzene rings is 1. The van der Waals surface area contributed by atoms with E-state index in [4.69, 9.17) is 4.74 Å². The summed E-state index contributed by atoms with van der Waals surface area (Å²) in [4.78, 5) is 21.2. The summed E-state index contributed by atoms with van der Waals surface area (Å²) >= 11 is 1.45. The Kier molecular flexibility index (Phi) is 3.87. The lowest BCUT2D eigenvalue weighted by atomic mass is 10.2. The first kappa shape index (κ1) is 15.3. The molecule has 3 heterocycles. The van der Waals surface area contributed by atoms with Gasteiger partial charge in [-0.25, -0.2) is 4.52 Å². The van der Waals surface area contributed by atoms with Gasteiger partial charge >= 0.3 is 0 Å². The van der Waals surface area contributed by atoms with Crippen LogP contribution in [0.3, 0.4) is 0 Å². The first-order valence-corrected chi connectivity index (χ1v) is 8.32. The van der Waals surface area contributed by atoms with Crippen LogP contribution in [0.2, 0.25) is 0 Å². The summed E-state index contributed by atoms with van der Waals surface area (Å²) in [6.07, 6.45) is 3.13. The van der Waals surface area contributed by atoms with Crippen LogP contribution in [0, 0.1) is 0 Å². The summed E-state index contributed by atoms with van der Waals surface area (Å²) in [5.41, 5.74) is 2.35.